The molecule has 0 fully saturated rings. The van der Waals surface area contributed by atoms with E-state index in [1.807, 2.05) is 17.5 Å². The first-order chi connectivity index (χ1) is 4.34. The van der Waals surface area contributed by atoms with E-state index in [0.29, 0.717) is 0 Å². The van der Waals surface area contributed by atoms with E-state index < -0.39 is 12.7 Å². The maximum atomic E-state index is 11.8. The molecule has 0 unspecified atom stereocenters. The van der Waals surface area contributed by atoms with Gasteiger partial charge in [-0.15, -0.1) is 23.7 Å². The fourth-order valence-electron chi connectivity index (χ4n) is 0.578. The van der Waals surface area contributed by atoms with Crippen LogP contribution in [0.15, 0.2) is 17.5 Å². The number of nitrogens with two attached hydrogens (primary N) is 1. The Morgan fingerprint density at radius 2 is 2.40 bits per heavy atom. The van der Waals surface area contributed by atoms with E-state index in [9.17, 15) is 4.39 Å². The zero-order valence-corrected chi connectivity index (χ0v) is 6.92. The average molecular weight is 182 g/mol. The highest BCUT2D eigenvalue weighted by Gasteiger charge is 2.03. The normalized spacial score (nSPS) is 12.2. The van der Waals surface area contributed by atoms with Crippen molar-refractivity contribution >= 4 is 23.7 Å². The van der Waals surface area contributed by atoms with Crippen molar-refractivity contribution in [3.8, 4) is 0 Å². The minimum Gasteiger partial charge on any atom is -0.321 e. The highest BCUT2D eigenvalue weighted by molar-refractivity contribution is 7.10. The Bertz CT molecular complexity index is 166. The second-order valence-electron chi connectivity index (χ2n) is 1.78. The summed E-state index contributed by atoms with van der Waals surface area (Å²) in [5, 5.41) is 1.89. The van der Waals surface area contributed by atoms with Crippen LogP contribution in [0.25, 0.3) is 0 Å². The number of alkyl halides is 1. The molecule has 58 valence electrons. The molecule has 10 heavy (non-hydrogen) atoms. The van der Waals surface area contributed by atoms with E-state index in [2.05, 4.69) is 0 Å². The SMILES string of the molecule is Cl.N[C@H](CF)c1cccs1. The first-order valence-electron chi connectivity index (χ1n) is 2.69. The summed E-state index contributed by atoms with van der Waals surface area (Å²) in [5.74, 6) is 0. The monoisotopic (exact) mass is 181 g/mol. The molecule has 1 rings (SSSR count). The molecule has 1 heterocycles. The van der Waals surface area contributed by atoms with E-state index >= 15 is 0 Å². The number of hydrogen-bond donors (Lipinski definition) is 1. The Morgan fingerprint density at radius 1 is 1.70 bits per heavy atom. The van der Waals surface area contributed by atoms with Crippen LogP contribution in [-0.4, -0.2) is 6.67 Å². The van der Waals surface area contributed by atoms with Gasteiger partial charge in [-0.05, 0) is 11.4 Å². The molecule has 0 bridgehead atoms. The molecule has 0 spiro atoms. The van der Waals surface area contributed by atoms with Crippen LogP contribution in [0.1, 0.15) is 10.9 Å². The summed E-state index contributed by atoms with van der Waals surface area (Å²) in [6, 6.07) is 3.30. The van der Waals surface area contributed by atoms with E-state index in [-0.39, 0.29) is 12.4 Å². The molecule has 1 nitrogen and oxygen atoms in total. The van der Waals surface area contributed by atoms with Gasteiger partial charge in [-0.1, -0.05) is 6.07 Å². The topological polar surface area (TPSA) is 26.0 Å². The molecular weight excluding hydrogens is 173 g/mol. The van der Waals surface area contributed by atoms with Crippen molar-refractivity contribution in [1.29, 1.82) is 0 Å². The summed E-state index contributed by atoms with van der Waals surface area (Å²) in [6.45, 7) is -0.472. The van der Waals surface area contributed by atoms with Crippen molar-refractivity contribution in [1.82, 2.24) is 0 Å². The summed E-state index contributed by atoms with van der Waals surface area (Å²) in [7, 11) is 0. The van der Waals surface area contributed by atoms with Crippen LogP contribution < -0.4 is 5.73 Å². The van der Waals surface area contributed by atoms with E-state index in [1.54, 1.807) is 0 Å². The van der Waals surface area contributed by atoms with Gasteiger partial charge < -0.3 is 5.73 Å². The summed E-state index contributed by atoms with van der Waals surface area (Å²) < 4.78 is 11.8. The summed E-state index contributed by atoms with van der Waals surface area (Å²) in [4.78, 5) is 0.914. The van der Waals surface area contributed by atoms with Gasteiger partial charge in [0.15, 0.2) is 0 Å². The van der Waals surface area contributed by atoms with Crippen LogP contribution in [0.4, 0.5) is 4.39 Å². The quantitative estimate of drug-likeness (QED) is 0.744. The summed E-state index contributed by atoms with van der Waals surface area (Å²) >= 11 is 1.49. The number of thiophene rings is 1. The summed E-state index contributed by atoms with van der Waals surface area (Å²) in [6.07, 6.45) is 0. The largest absolute Gasteiger partial charge is 0.321 e. The third-order valence-corrected chi connectivity index (χ3v) is 2.08. The van der Waals surface area contributed by atoms with E-state index in [0.717, 1.165) is 4.88 Å². The van der Waals surface area contributed by atoms with E-state index in [4.69, 9.17) is 5.73 Å². The molecule has 0 amide bonds. The van der Waals surface area contributed by atoms with Crippen LogP contribution in [0, 0.1) is 0 Å². The van der Waals surface area contributed by atoms with Crippen LogP contribution in [0.2, 0.25) is 0 Å². The maximum absolute atomic E-state index is 11.8. The van der Waals surface area contributed by atoms with Gasteiger partial charge in [-0.2, -0.15) is 0 Å². The van der Waals surface area contributed by atoms with Crippen molar-refractivity contribution in [3.05, 3.63) is 22.4 Å². The highest BCUT2D eigenvalue weighted by atomic mass is 35.5. The maximum Gasteiger partial charge on any atom is 0.109 e. The molecule has 0 aliphatic carbocycles. The Kier molecular flexibility index (Phi) is 4.60. The van der Waals surface area contributed by atoms with Gasteiger partial charge >= 0.3 is 0 Å². The van der Waals surface area contributed by atoms with Crippen LogP contribution in [-0.2, 0) is 0 Å². The molecule has 1 atom stereocenters. The van der Waals surface area contributed by atoms with Crippen LogP contribution in [0.5, 0.6) is 0 Å². The van der Waals surface area contributed by atoms with Gasteiger partial charge in [0.1, 0.15) is 6.67 Å². The van der Waals surface area contributed by atoms with Gasteiger partial charge in [-0.3, -0.25) is 0 Å². The van der Waals surface area contributed by atoms with Crippen molar-refractivity contribution in [3.63, 3.8) is 0 Å². The predicted molar refractivity (Wildman–Crippen MR) is 44.5 cm³/mol. The predicted octanol–water partition coefficient (Wildman–Crippen LogP) is 2.14. The molecule has 4 heteroatoms. The average Bonchev–Trinajstić information content (AvgIpc) is 2.37. The summed E-state index contributed by atoms with van der Waals surface area (Å²) in [5.41, 5.74) is 5.37. The van der Waals surface area contributed by atoms with E-state index in [1.165, 1.54) is 11.3 Å². The fraction of sp³-hybridized carbons (Fsp3) is 0.333. The van der Waals surface area contributed by atoms with Crippen molar-refractivity contribution in [2.75, 3.05) is 6.67 Å². The zero-order valence-electron chi connectivity index (χ0n) is 5.29. The molecule has 0 aliphatic heterocycles. The smallest absolute Gasteiger partial charge is 0.109 e. The lowest BCUT2D eigenvalue weighted by Gasteiger charge is -2.00. The zero-order chi connectivity index (χ0) is 6.69. The van der Waals surface area contributed by atoms with Crippen molar-refractivity contribution < 1.29 is 4.39 Å². The molecule has 1 aromatic rings. The lowest BCUT2D eigenvalue weighted by atomic mass is 10.3. The first kappa shape index (κ1) is 9.88. The second kappa shape index (κ2) is 4.66. The molecule has 0 saturated carbocycles. The molecule has 2 N–H and O–H groups in total. The Morgan fingerprint density at radius 3 is 2.80 bits per heavy atom. The minimum absolute atomic E-state index is 0. The number of rotatable bonds is 2. The standard InChI is InChI=1S/C6H8FNS.ClH/c7-4-5(8)6-2-1-3-9-6;/h1-3,5H,4,8H2;1H/t5-;/m1./s1. The Labute approximate surface area is 69.5 Å². The number of halogens is 2. The lowest BCUT2D eigenvalue weighted by Crippen LogP contribution is -2.09. The lowest BCUT2D eigenvalue weighted by molar-refractivity contribution is 0.440. The van der Waals surface area contributed by atoms with Crippen LogP contribution >= 0.6 is 23.7 Å². The van der Waals surface area contributed by atoms with Gasteiger partial charge in [0.05, 0.1) is 6.04 Å². The molecular formula is C6H9ClFNS. The number of hydrogen-bond acceptors (Lipinski definition) is 2. The first-order valence-corrected chi connectivity index (χ1v) is 3.57. The van der Waals surface area contributed by atoms with Gasteiger partial charge in [0.2, 0.25) is 0 Å². The Balaban J connectivity index is 0.000000810. The highest BCUT2D eigenvalue weighted by Crippen LogP contribution is 2.16. The third kappa shape index (κ3) is 2.25. The second-order valence-corrected chi connectivity index (χ2v) is 2.76. The molecule has 0 radical (unpaired) electrons. The van der Waals surface area contributed by atoms with Gasteiger partial charge in [0.25, 0.3) is 0 Å². The van der Waals surface area contributed by atoms with Crippen LogP contribution in [0.3, 0.4) is 0 Å². The minimum atomic E-state index is -0.472. The molecule has 0 saturated heterocycles. The third-order valence-electron chi connectivity index (χ3n) is 1.07. The molecule has 1 aromatic heterocycles. The fourth-order valence-corrected chi connectivity index (χ4v) is 1.29. The van der Waals surface area contributed by atoms with Gasteiger partial charge in [-0.25, -0.2) is 4.39 Å². The Hall–Kier alpha value is -0.120. The van der Waals surface area contributed by atoms with Gasteiger partial charge in [0, 0.05) is 4.88 Å². The molecule has 0 aromatic carbocycles. The van der Waals surface area contributed by atoms with Crippen molar-refractivity contribution in [2.24, 2.45) is 5.73 Å². The van der Waals surface area contributed by atoms with Crippen molar-refractivity contribution in [2.45, 2.75) is 6.04 Å². The molecule has 0 aliphatic rings.